The first kappa shape index (κ1) is 35.7. The van der Waals surface area contributed by atoms with Gasteiger partial charge in [0.2, 0.25) is 0 Å². The molecule has 0 aliphatic heterocycles. The van der Waals surface area contributed by atoms with Crippen molar-refractivity contribution in [3.05, 3.63) is 35.4 Å². The van der Waals surface area contributed by atoms with Crippen LogP contribution in [0, 0.1) is 0 Å². The molecule has 7 nitrogen and oxygen atoms in total. The number of hydrogen-bond acceptors (Lipinski definition) is 7. The number of carbonyl (C=O) groups excluding carboxylic acids is 2. The molecule has 0 bridgehead atoms. The van der Waals surface area contributed by atoms with Crippen LogP contribution in [0.2, 0.25) is 0 Å². The van der Waals surface area contributed by atoms with Crippen molar-refractivity contribution in [1.29, 1.82) is 0 Å². The zero-order valence-corrected chi connectivity index (χ0v) is 26.4. The molecule has 1 atom stereocenters. The van der Waals surface area contributed by atoms with Crippen molar-refractivity contribution in [3.8, 4) is 0 Å². The molecule has 1 aromatic carbocycles. The van der Waals surface area contributed by atoms with Crippen molar-refractivity contribution in [2.24, 2.45) is 0 Å². The molecule has 36 heavy (non-hydrogen) atoms. The van der Waals surface area contributed by atoms with Crippen molar-refractivity contribution in [3.63, 3.8) is 0 Å². The minimum absolute atomic E-state index is 0. The number of esters is 2. The van der Waals surface area contributed by atoms with E-state index in [1.807, 2.05) is 0 Å². The summed E-state index contributed by atoms with van der Waals surface area (Å²) in [5.41, 5.74) is -2.00. The van der Waals surface area contributed by atoms with Crippen molar-refractivity contribution >= 4 is 22.1 Å². The minimum Gasteiger partial charge on any atom is -0.745 e. The number of carbonyl (C=O) groups is 2. The average molecular weight is 551 g/mol. The summed E-state index contributed by atoms with van der Waals surface area (Å²) in [6.07, 6.45) is 18.7. The zero-order chi connectivity index (χ0) is 25.9. The Labute approximate surface area is 260 Å². The topological polar surface area (TPSA) is 110 Å². The molecule has 0 saturated carbocycles. The largest absolute Gasteiger partial charge is 1.00 e. The van der Waals surface area contributed by atoms with Crippen LogP contribution in [-0.2, 0) is 19.6 Å². The molecule has 0 aliphatic carbocycles. The number of rotatable bonds is 20. The summed E-state index contributed by atoms with van der Waals surface area (Å²) in [6.45, 7) is 3.46. The van der Waals surface area contributed by atoms with E-state index in [9.17, 15) is 22.6 Å². The summed E-state index contributed by atoms with van der Waals surface area (Å²) in [5, 5.41) is 0. The van der Waals surface area contributed by atoms with Crippen molar-refractivity contribution in [2.75, 3.05) is 6.61 Å². The van der Waals surface area contributed by atoms with Crippen LogP contribution in [0.4, 0.5) is 0 Å². The van der Waals surface area contributed by atoms with Crippen molar-refractivity contribution < 1.29 is 83.4 Å². The molecule has 1 rings (SSSR count). The maximum atomic E-state index is 12.4. The van der Waals surface area contributed by atoms with E-state index in [4.69, 9.17) is 4.74 Å². The van der Waals surface area contributed by atoms with Crippen LogP contribution in [0.3, 0.4) is 0 Å². The SMILES string of the molecule is CCCCCCCCCCCCCCCCCOC(=O)c1ccccc1C(=O)OC(C)S(=O)(=O)[O-].[K+]. The molecule has 0 radical (unpaired) electrons. The summed E-state index contributed by atoms with van der Waals surface area (Å²) in [7, 11) is -4.79. The van der Waals surface area contributed by atoms with Crippen LogP contribution in [-0.4, -0.2) is 37.0 Å². The molecular formula is C27H43KO7S. The number of ether oxygens (including phenoxy) is 2. The van der Waals surface area contributed by atoms with Gasteiger partial charge in [0.05, 0.1) is 17.7 Å². The van der Waals surface area contributed by atoms with E-state index in [2.05, 4.69) is 11.7 Å². The van der Waals surface area contributed by atoms with Gasteiger partial charge in [-0.3, -0.25) is 0 Å². The van der Waals surface area contributed by atoms with Gasteiger partial charge in [-0.25, -0.2) is 18.0 Å². The third-order valence-electron chi connectivity index (χ3n) is 6.03. The Morgan fingerprint density at radius 1 is 0.750 bits per heavy atom. The summed E-state index contributed by atoms with van der Waals surface area (Å²) >= 11 is 0. The van der Waals surface area contributed by atoms with Gasteiger partial charge in [0.25, 0.3) is 0 Å². The van der Waals surface area contributed by atoms with Crippen LogP contribution in [0.1, 0.15) is 131 Å². The van der Waals surface area contributed by atoms with E-state index >= 15 is 0 Å². The Kier molecular flexibility index (Phi) is 21.4. The molecule has 0 aromatic heterocycles. The zero-order valence-electron chi connectivity index (χ0n) is 22.5. The second-order valence-electron chi connectivity index (χ2n) is 9.10. The van der Waals surface area contributed by atoms with Crippen LogP contribution < -0.4 is 51.4 Å². The first-order valence-corrected chi connectivity index (χ1v) is 14.7. The summed E-state index contributed by atoms with van der Waals surface area (Å²) < 4.78 is 42.9. The van der Waals surface area contributed by atoms with Gasteiger partial charge in [0.1, 0.15) is 10.1 Å². The van der Waals surface area contributed by atoms with E-state index in [0.29, 0.717) is 0 Å². The van der Waals surface area contributed by atoms with Crippen molar-refractivity contribution in [2.45, 2.75) is 116 Å². The van der Waals surface area contributed by atoms with Crippen LogP contribution in [0.5, 0.6) is 0 Å². The fraction of sp³-hybridized carbons (Fsp3) is 0.704. The molecule has 1 unspecified atom stereocenters. The first-order chi connectivity index (χ1) is 16.8. The molecule has 0 aliphatic rings. The van der Waals surface area contributed by atoms with Crippen LogP contribution >= 0.6 is 0 Å². The van der Waals surface area contributed by atoms with Crippen LogP contribution in [0.25, 0.3) is 0 Å². The molecule has 200 valence electrons. The smallest absolute Gasteiger partial charge is 0.745 e. The fourth-order valence-corrected chi connectivity index (χ4v) is 4.03. The summed E-state index contributed by atoms with van der Waals surface area (Å²) in [4.78, 5) is 24.6. The Morgan fingerprint density at radius 3 is 1.56 bits per heavy atom. The number of unbranched alkanes of at least 4 members (excludes halogenated alkanes) is 14. The van der Waals surface area contributed by atoms with Crippen LogP contribution in [0.15, 0.2) is 24.3 Å². The predicted molar refractivity (Wildman–Crippen MR) is 136 cm³/mol. The van der Waals surface area contributed by atoms with Gasteiger partial charge in [0.15, 0.2) is 5.44 Å². The van der Waals surface area contributed by atoms with E-state index in [0.717, 1.165) is 26.2 Å². The summed E-state index contributed by atoms with van der Waals surface area (Å²) in [6, 6.07) is 5.81. The second kappa shape index (κ2) is 21.6. The Balaban J connectivity index is 0.0000122. The molecule has 9 heteroatoms. The number of hydrogen-bond donors (Lipinski definition) is 0. The normalized spacial score (nSPS) is 12.0. The van der Waals surface area contributed by atoms with E-state index in [1.165, 1.54) is 95.2 Å². The standard InChI is InChI=1S/C27H44O7S.K/c1-3-4-5-6-7-8-9-10-11-12-13-14-15-16-19-22-33-26(28)24-20-17-18-21-25(24)27(29)34-23(2)35(30,31)32;/h17-18,20-21,23H,3-16,19,22H2,1-2H3,(H,30,31,32);/q;+1/p-1. The number of benzene rings is 1. The maximum Gasteiger partial charge on any atom is 1.00 e. The molecule has 0 N–H and O–H groups in total. The second-order valence-corrected chi connectivity index (χ2v) is 10.7. The Hall–Kier alpha value is -0.294. The third kappa shape index (κ3) is 16.5. The molecule has 0 spiro atoms. The monoisotopic (exact) mass is 550 g/mol. The molecular weight excluding hydrogens is 507 g/mol. The predicted octanol–water partition coefficient (Wildman–Crippen LogP) is 3.77. The van der Waals surface area contributed by atoms with Crippen molar-refractivity contribution in [1.82, 2.24) is 0 Å². The maximum absolute atomic E-state index is 12.4. The summed E-state index contributed by atoms with van der Waals surface area (Å²) in [5.74, 6) is -1.74. The van der Waals surface area contributed by atoms with Gasteiger partial charge < -0.3 is 14.0 Å². The third-order valence-corrected chi connectivity index (χ3v) is 6.94. The minimum atomic E-state index is -4.79. The molecule has 0 fully saturated rings. The van der Waals surface area contributed by atoms with Gasteiger partial charge in [-0.15, -0.1) is 0 Å². The first-order valence-electron chi connectivity index (χ1n) is 13.2. The quantitative estimate of drug-likeness (QED) is 0.105. The van der Waals surface area contributed by atoms with Gasteiger partial charge in [0, 0.05) is 0 Å². The van der Waals surface area contributed by atoms with Gasteiger partial charge in [-0.1, -0.05) is 109 Å². The Bertz CT molecular complexity index is 842. The molecule has 0 heterocycles. The van der Waals surface area contributed by atoms with Gasteiger partial charge >= 0.3 is 63.3 Å². The van der Waals surface area contributed by atoms with Gasteiger partial charge in [-0.05, 0) is 25.5 Å². The average Bonchev–Trinajstić information content (AvgIpc) is 2.83. The molecule has 0 amide bonds. The fourth-order valence-electron chi connectivity index (χ4n) is 3.83. The van der Waals surface area contributed by atoms with E-state index in [-0.39, 0.29) is 69.1 Å². The molecule has 0 saturated heterocycles. The van der Waals surface area contributed by atoms with E-state index < -0.39 is 27.5 Å². The molecule has 1 aromatic rings. The van der Waals surface area contributed by atoms with E-state index in [1.54, 1.807) is 6.07 Å². The van der Waals surface area contributed by atoms with Gasteiger partial charge in [-0.2, -0.15) is 0 Å². The Morgan fingerprint density at radius 2 is 1.14 bits per heavy atom.